The van der Waals surface area contributed by atoms with Crippen molar-refractivity contribution in [2.24, 2.45) is 0 Å². The van der Waals surface area contributed by atoms with Crippen molar-refractivity contribution < 1.29 is 18.8 Å². The van der Waals surface area contributed by atoms with E-state index < -0.39 is 24.0 Å². The Morgan fingerprint density at radius 1 is 1.54 bits per heavy atom. The Labute approximate surface area is 73.2 Å². The highest BCUT2D eigenvalue weighted by molar-refractivity contribution is 6.18. The lowest BCUT2D eigenvalue weighted by Gasteiger charge is -2.25. The number of imide groups is 2. The Balaban J connectivity index is 2.85. The average Bonchev–Trinajstić information content (AvgIpc) is 2.09. The fraction of sp³-hybridized carbons (Fsp3) is 0.286. The molecule has 4 amide bonds. The summed E-state index contributed by atoms with van der Waals surface area (Å²) >= 11 is 0. The molecule has 70 valence electrons. The molecule has 0 aromatic rings. The minimum absolute atomic E-state index is 0.113. The van der Waals surface area contributed by atoms with Crippen LogP contribution in [0.25, 0.3) is 0 Å². The van der Waals surface area contributed by atoms with Crippen molar-refractivity contribution in [3.63, 3.8) is 0 Å². The van der Waals surface area contributed by atoms with Crippen LogP contribution in [-0.4, -0.2) is 35.5 Å². The summed E-state index contributed by atoms with van der Waals surface area (Å²) in [7, 11) is 0. The maximum Gasteiger partial charge on any atom is 0.331 e. The number of carbonyl (C=O) groups is 3. The molecule has 6 heteroatoms. The van der Waals surface area contributed by atoms with E-state index in [9.17, 15) is 18.8 Å². The fourth-order valence-electron chi connectivity index (χ4n) is 0.887. The molecular weight excluding hydrogens is 179 g/mol. The summed E-state index contributed by atoms with van der Waals surface area (Å²) in [4.78, 5) is 33.0. The number of hydrogen-bond donors (Lipinski definition) is 1. The number of nitrogens with one attached hydrogen (secondary N) is 1. The van der Waals surface area contributed by atoms with E-state index in [0.717, 1.165) is 0 Å². The molecule has 0 spiro atoms. The van der Waals surface area contributed by atoms with Gasteiger partial charge in [0.25, 0.3) is 18.0 Å². The molecule has 0 bridgehead atoms. The monoisotopic (exact) mass is 186 g/mol. The van der Waals surface area contributed by atoms with Crippen molar-refractivity contribution in [1.82, 2.24) is 10.2 Å². The van der Waals surface area contributed by atoms with Gasteiger partial charge in [-0.1, -0.05) is 6.08 Å². The summed E-state index contributed by atoms with van der Waals surface area (Å²) in [5, 5.41) is 1.70. The third-order valence-corrected chi connectivity index (χ3v) is 1.50. The average molecular weight is 186 g/mol. The number of rotatable bonds is 2. The van der Waals surface area contributed by atoms with Crippen LogP contribution in [-0.2, 0) is 9.59 Å². The van der Waals surface area contributed by atoms with Gasteiger partial charge in [0.05, 0.1) is 0 Å². The van der Waals surface area contributed by atoms with Gasteiger partial charge in [0, 0.05) is 6.54 Å². The van der Waals surface area contributed by atoms with E-state index in [1.54, 1.807) is 5.32 Å². The summed E-state index contributed by atoms with van der Waals surface area (Å²) in [6, 6.07) is -0.913. The predicted octanol–water partition coefficient (Wildman–Crippen LogP) is -0.411. The molecule has 0 saturated carbocycles. The SMILES string of the molecule is C=CCN1C(=O)NC(=O)C(F)C1=O. The van der Waals surface area contributed by atoms with Gasteiger partial charge in [0.2, 0.25) is 0 Å². The van der Waals surface area contributed by atoms with Gasteiger partial charge in [-0.25, -0.2) is 9.18 Å². The summed E-state index contributed by atoms with van der Waals surface area (Å²) < 4.78 is 12.7. The second-order valence-electron chi connectivity index (χ2n) is 2.39. The Hall–Kier alpha value is -1.72. The summed E-state index contributed by atoms with van der Waals surface area (Å²) in [6.07, 6.45) is -1.03. The number of carbonyl (C=O) groups excluding carboxylic acids is 3. The number of nitrogens with zero attached hydrogens (tertiary/aromatic N) is 1. The number of barbiturate groups is 1. The predicted molar refractivity (Wildman–Crippen MR) is 40.3 cm³/mol. The van der Waals surface area contributed by atoms with Crippen LogP contribution >= 0.6 is 0 Å². The van der Waals surface area contributed by atoms with Crippen LogP contribution in [0.15, 0.2) is 12.7 Å². The first kappa shape index (κ1) is 9.37. The third-order valence-electron chi connectivity index (χ3n) is 1.50. The van der Waals surface area contributed by atoms with Crippen LogP contribution in [0.4, 0.5) is 9.18 Å². The summed E-state index contributed by atoms with van der Waals surface area (Å²) in [6.45, 7) is 3.17. The molecule has 0 aromatic carbocycles. The van der Waals surface area contributed by atoms with E-state index >= 15 is 0 Å². The largest absolute Gasteiger partial charge is 0.331 e. The van der Waals surface area contributed by atoms with Crippen molar-refractivity contribution in [2.45, 2.75) is 6.17 Å². The highest BCUT2D eigenvalue weighted by atomic mass is 19.1. The molecule has 0 aliphatic carbocycles. The summed E-state index contributed by atoms with van der Waals surface area (Å²) in [5.74, 6) is -2.36. The molecule has 1 fully saturated rings. The Morgan fingerprint density at radius 3 is 2.69 bits per heavy atom. The molecule has 5 nitrogen and oxygen atoms in total. The van der Waals surface area contributed by atoms with Crippen molar-refractivity contribution in [1.29, 1.82) is 0 Å². The molecule has 1 aliphatic rings. The normalized spacial score (nSPS) is 23.0. The third kappa shape index (κ3) is 1.56. The van der Waals surface area contributed by atoms with E-state index in [2.05, 4.69) is 6.58 Å². The van der Waals surface area contributed by atoms with Crippen molar-refractivity contribution in [3.05, 3.63) is 12.7 Å². The zero-order valence-corrected chi connectivity index (χ0v) is 6.62. The zero-order chi connectivity index (χ0) is 10.0. The van der Waals surface area contributed by atoms with Gasteiger partial charge >= 0.3 is 6.03 Å². The lowest BCUT2D eigenvalue weighted by molar-refractivity contribution is -0.143. The van der Waals surface area contributed by atoms with Crippen LogP contribution in [0.1, 0.15) is 0 Å². The fourth-order valence-corrected chi connectivity index (χ4v) is 0.887. The van der Waals surface area contributed by atoms with Crippen molar-refractivity contribution in [3.8, 4) is 0 Å². The van der Waals surface area contributed by atoms with Gasteiger partial charge in [-0.15, -0.1) is 6.58 Å². The standard InChI is InChI=1S/C7H7FN2O3/c1-2-3-10-6(12)4(8)5(11)9-7(10)13/h2,4H,1,3H2,(H,9,11,13). The lowest BCUT2D eigenvalue weighted by Crippen LogP contribution is -2.59. The molecule has 1 N–H and O–H groups in total. The van der Waals surface area contributed by atoms with Crippen LogP contribution in [0.5, 0.6) is 0 Å². The number of alkyl halides is 1. The maximum atomic E-state index is 12.7. The summed E-state index contributed by atoms with van der Waals surface area (Å²) in [5.41, 5.74) is 0. The minimum Gasteiger partial charge on any atom is -0.275 e. The van der Waals surface area contributed by atoms with Crippen molar-refractivity contribution >= 4 is 17.8 Å². The first-order chi connectivity index (χ1) is 6.07. The Bertz CT molecular complexity index is 289. The van der Waals surface area contributed by atoms with E-state index in [-0.39, 0.29) is 6.54 Å². The van der Waals surface area contributed by atoms with Gasteiger partial charge in [-0.3, -0.25) is 19.8 Å². The molecule has 1 aliphatic heterocycles. The zero-order valence-electron chi connectivity index (χ0n) is 6.62. The quantitative estimate of drug-likeness (QED) is 0.471. The van der Waals surface area contributed by atoms with E-state index in [0.29, 0.717) is 4.90 Å². The van der Waals surface area contributed by atoms with Gasteiger partial charge < -0.3 is 0 Å². The first-order valence-electron chi connectivity index (χ1n) is 3.49. The van der Waals surface area contributed by atoms with Gasteiger partial charge in [-0.2, -0.15) is 0 Å². The molecule has 1 rings (SSSR count). The molecule has 1 unspecified atom stereocenters. The molecule has 0 radical (unpaired) electrons. The van der Waals surface area contributed by atoms with Crippen LogP contribution < -0.4 is 5.32 Å². The van der Waals surface area contributed by atoms with Gasteiger partial charge in [-0.05, 0) is 0 Å². The molecule has 0 aromatic heterocycles. The molecule has 1 saturated heterocycles. The van der Waals surface area contributed by atoms with E-state index in [1.807, 2.05) is 0 Å². The Morgan fingerprint density at radius 2 is 2.15 bits per heavy atom. The molecule has 1 atom stereocenters. The van der Waals surface area contributed by atoms with Gasteiger partial charge in [0.1, 0.15) is 0 Å². The number of amides is 4. The second-order valence-corrected chi connectivity index (χ2v) is 2.39. The number of hydrogen-bond acceptors (Lipinski definition) is 3. The van der Waals surface area contributed by atoms with Gasteiger partial charge in [0.15, 0.2) is 0 Å². The van der Waals surface area contributed by atoms with E-state index in [4.69, 9.17) is 0 Å². The van der Waals surface area contributed by atoms with Crippen LogP contribution in [0, 0.1) is 0 Å². The van der Waals surface area contributed by atoms with Crippen LogP contribution in [0.2, 0.25) is 0 Å². The van der Waals surface area contributed by atoms with Crippen LogP contribution in [0.3, 0.4) is 0 Å². The molecule has 13 heavy (non-hydrogen) atoms. The highest BCUT2D eigenvalue weighted by Gasteiger charge is 2.39. The topological polar surface area (TPSA) is 66.5 Å². The van der Waals surface area contributed by atoms with Crippen molar-refractivity contribution in [2.75, 3.05) is 6.54 Å². The number of halogens is 1. The Kier molecular flexibility index (Phi) is 2.41. The van der Waals surface area contributed by atoms with E-state index in [1.165, 1.54) is 6.08 Å². The molecular formula is C7H7FN2O3. The first-order valence-corrected chi connectivity index (χ1v) is 3.49. The maximum absolute atomic E-state index is 12.7. The second kappa shape index (κ2) is 3.34. The smallest absolute Gasteiger partial charge is 0.275 e. The lowest BCUT2D eigenvalue weighted by atomic mass is 10.2. The minimum atomic E-state index is -2.29. The molecule has 1 heterocycles. The number of urea groups is 1. The highest BCUT2D eigenvalue weighted by Crippen LogP contribution is 2.06.